The lowest BCUT2D eigenvalue weighted by atomic mass is 9.92. The molecule has 1 aliphatic heterocycles. The molecular weight excluding hydrogens is 431 g/mol. The first-order chi connectivity index (χ1) is 16.3. The van der Waals surface area contributed by atoms with Gasteiger partial charge in [-0.15, -0.1) is 0 Å². The summed E-state index contributed by atoms with van der Waals surface area (Å²) in [5.41, 5.74) is 3.18. The molecule has 6 nitrogen and oxygen atoms in total. The van der Waals surface area contributed by atoms with Crippen molar-refractivity contribution in [1.29, 1.82) is 0 Å². The second kappa shape index (κ2) is 10.2. The van der Waals surface area contributed by atoms with Crippen molar-refractivity contribution in [3.05, 3.63) is 59.9 Å². The third-order valence-electron chi connectivity index (χ3n) is 6.19. The molecule has 1 aliphatic rings. The van der Waals surface area contributed by atoms with Crippen LogP contribution in [0.3, 0.4) is 0 Å². The average molecular weight is 463 g/mol. The number of pyridine rings is 1. The van der Waals surface area contributed by atoms with E-state index in [0.717, 1.165) is 35.4 Å². The van der Waals surface area contributed by atoms with Crippen LogP contribution in [0, 0.1) is 24.6 Å². The lowest BCUT2D eigenvalue weighted by molar-refractivity contribution is -0.121. The molecule has 1 fully saturated rings. The van der Waals surface area contributed by atoms with Crippen LogP contribution >= 0.6 is 0 Å². The van der Waals surface area contributed by atoms with Crippen molar-refractivity contribution in [1.82, 2.24) is 4.98 Å². The number of amides is 2. The van der Waals surface area contributed by atoms with Gasteiger partial charge < -0.3 is 15.5 Å². The number of rotatable bonds is 6. The van der Waals surface area contributed by atoms with E-state index in [1.807, 2.05) is 18.2 Å². The van der Waals surface area contributed by atoms with Gasteiger partial charge in [-0.25, -0.2) is 9.37 Å². The number of halogens is 1. The Hall–Kier alpha value is -3.48. The highest BCUT2D eigenvalue weighted by atomic mass is 19.1. The standard InChI is InChI=1S/C27H31FN4O2/c1-17-12-18(2)16-32(15-17)25-13-19(3)23-14-22(8-9-24(23)31-25)30-27(34)11-10-26(33)29-21-6-4-20(28)5-7-21/h4-9,13-14,17-18H,10-12,15-16H2,1-3H3,(H,29,33)(H,30,34)/t17-,18-/m0/s1. The fraction of sp³-hybridized carbons (Fsp3) is 0.370. The molecule has 0 spiro atoms. The Labute approximate surface area is 199 Å². The lowest BCUT2D eigenvalue weighted by Gasteiger charge is -2.36. The Morgan fingerprint density at radius 2 is 1.53 bits per heavy atom. The monoisotopic (exact) mass is 462 g/mol. The van der Waals surface area contributed by atoms with Gasteiger partial charge in [0, 0.05) is 42.7 Å². The van der Waals surface area contributed by atoms with Crippen LogP contribution in [0.15, 0.2) is 48.5 Å². The van der Waals surface area contributed by atoms with E-state index in [1.165, 1.54) is 30.7 Å². The molecule has 3 aromatic rings. The number of anilines is 3. The third-order valence-corrected chi connectivity index (χ3v) is 6.19. The summed E-state index contributed by atoms with van der Waals surface area (Å²) in [6.07, 6.45) is 1.33. The Morgan fingerprint density at radius 1 is 0.941 bits per heavy atom. The number of benzene rings is 2. The summed E-state index contributed by atoms with van der Waals surface area (Å²) in [6.45, 7) is 8.68. The fourth-order valence-corrected chi connectivity index (χ4v) is 4.67. The molecule has 2 aromatic carbocycles. The Bertz CT molecular complexity index is 1190. The third kappa shape index (κ3) is 5.90. The van der Waals surface area contributed by atoms with Crippen LogP contribution in [0.5, 0.6) is 0 Å². The first-order valence-corrected chi connectivity index (χ1v) is 11.8. The molecule has 2 amide bonds. The molecule has 1 aromatic heterocycles. The highest BCUT2D eigenvalue weighted by molar-refractivity contribution is 5.98. The molecule has 0 saturated carbocycles. The van der Waals surface area contributed by atoms with Gasteiger partial charge in [0.15, 0.2) is 0 Å². The zero-order valence-electron chi connectivity index (χ0n) is 19.9. The molecule has 0 aliphatic carbocycles. The number of aryl methyl sites for hydroxylation is 1. The zero-order chi connectivity index (χ0) is 24.2. The number of nitrogens with one attached hydrogen (secondary N) is 2. The highest BCUT2D eigenvalue weighted by Gasteiger charge is 2.23. The number of hydrogen-bond acceptors (Lipinski definition) is 4. The smallest absolute Gasteiger partial charge is 0.224 e. The summed E-state index contributed by atoms with van der Waals surface area (Å²) in [4.78, 5) is 31.7. The SMILES string of the molecule is Cc1cc(N2C[C@@H](C)C[C@H](C)C2)nc2ccc(NC(=O)CCC(=O)Nc3ccc(F)cc3)cc12. The maximum absolute atomic E-state index is 13.0. The second-order valence-electron chi connectivity index (χ2n) is 9.48. The number of hydrogen-bond donors (Lipinski definition) is 2. The van der Waals surface area contributed by atoms with Crippen molar-refractivity contribution in [2.45, 2.75) is 40.0 Å². The minimum Gasteiger partial charge on any atom is -0.356 e. The molecule has 2 N–H and O–H groups in total. The van der Waals surface area contributed by atoms with Gasteiger partial charge in [0.25, 0.3) is 0 Å². The van der Waals surface area contributed by atoms with Crippen molar-refractivity contribution in [2.75, 3.05) is 28.6 Å². The van der Waals surface area contributed by atoms with Crippen LogP contribution < -0.4 is 15.5 Å². The van der Waals surface area contributed by atoms with E-state index >= 15 is 0 Å². The number of piperidine rings is 1. The molecule has 7 heteroatoms. The van der Waals surface area contributed by atoms with E-state index in [4.69, 9.17) is 4.98 Å². The summed E-state index contributed by atoms with van der Waals surface area (Å²) in [7, 11) is 0. The van der Waals surface area contributed by atoms with Crippen molar-refractivity contribution in [2.24, 2.45) is 11.8 Å². The molecular formula is C27H31FN4O2. The Morgan fingerprint density at radius 3 is 2.18 bits per heavy atom. The zero-order valence-corrected chi connectivity index (χ0v) is 19.9. The van der Waals surface area contributed by atoms with E-state index in [0.29, 0.717) is 23.2 Å². The first kappa shape index (κ1) is 23.7. The van der Waals surface area contributed by atoms with Gasteiger partial charge in [-0.1, -0.05) is 13.8 Å². The van der Waals surface area contributed by atoms with Gasteiger partial charge in [0.05, 0.1) is 5.52 Å². The van der Waals surface area contributed by atoms with E-state index in [2.05, 4.69) is 42.4 Å². The predicted molar refractivity (Wildman–Crippen MR) is 135 cm³/mol. The minimum absolute atomic E-state index is 0.0351. The normalized spacial score (nSPS) is 18.1. The summed E-state index contributed by atoms with van der Waals surface area (Å²) in [6, 6.07) is 13.3. The minimum atomic E-state index is -0.370. The quantitative estimate of drug-likeness (QED) is 0.506. The number of carbonyl (C=O) groups excluding carboxylic acids is 2. The summed E-state index contributed by atoms with van der Waals surface area (Å²) in [5.74, 6) is 1.40. The molecule has 4 rings (SSSR count). The summed E-state index contributed by atoms with van der Waals surface area (Å²) in [5, 5.41) is 6.52. The van der Waals surface area contributed by atoms with E-state index in [-0.39, 0.29) is 30.5 Å². The van der Waals surface area contributed by atoms with E-state index in [1.54, 1.807) is 0 Å². The number of aromatic nitrogens is 1. The fourth-order valence-electron chi connectivity index (χ4n) is 4.67. The molecule has 178 valence electrons. The summed E-state index contributed by atoms with van der Waals surface area (Å²) >= 11 is 0. The molecule has 0 radical (unpaired) electrons. The maximum Gasteiger partial charge on any atom is 0.224 e. The van der Waals surface area contributed by atoms with Gasteiger partial charge in [0.1, 0.15) is 11.6 Å². The second-order valence-corrected chi connectivity index (χ2v) is 9.48. The van der Waals surface area contributed by atoms with Gasteiger partial charge in [0.2, 0.25) is 11.8 Å². The lowest BCUT2D eigenvalue weighted by Crippen LogP contribution is -2.39. The number of carbonyl (C=O) groups is 2. The molecule has 0 unspecified atom stereocenters. The van der Waals surface area contributed by atoms with Gasteiger partial charge >= 0.3 is 0 Å². The van der Waals surface area contributed by atoms with Crippen molar-refractivity contribution >= 4 is 39.9 Å². The number of nitrogens with zero attached hydrogens (tertiary/aromatic N) is 2. The highest BCUT2D eigenvalue weighted by Crippen LogP contribution is 2.29. The van der Waals surface area contributed by atoms with Crippen LogP contribution in [0.2, 0.25) is 0 Å². The maximum atomic E-state index is 13.0. The molecule has 1 saturated heterocycles. The topological polar surface area (TPSA) is 74.3 Å². The van der Waals surface area contributed by atoms with Gasteiger partial charge in [-0.05, 0) is 79.3 Å². The van der Waals surface area contributed by atoms with Gasteiger partial charge in [-0.2, -0.15) is 0 Å². The van der Waals surface area contributed by atoms with Crippen LogP contribution in [0.4, 0.5) is 21.6 Å². The van der Waals surface area contributed by atoms with Gasteiger partial charge in [-0.3, -0.25) is 9.59 Å². The summed E-state index contributed by atoms with van der Waals surface area (Å²) < 4.78 is 13.0. The Kier molecular flexibility index (Phi) is 7.10. The molecule has 2 heterocycles. The molecule has 34 heavy (non-hydrogen) atoms. The Balaban J connectivity index is 1.37. The predicted octanol–water partition coefficient (Wildman–Crippen LogP) is 5.52. The van der Waals surface area contributed by atoms with Crippen molar-refractivity contribution in [3.63, 3.8) is 0 Å². The van der Waals surface area contributed by atoms with E-state index < -0.39 is 0 Å². The molecule has 0 bridgehead atoms. The van der Waals surface area contributed by atoms with Crippen LogP contribution in [0.1, 0.15) is 38.7 Å². The largest absolute Gasteiger partial charge is 0.356 e. The van der Waals surface area contributed by atoms with Crippen LogP contribution in [-0.4, -0.2) is 29.9 Å². The van der Waals surface area contributed by atoms with E-state index in [9.17, 15) is 14.0 Å². The van der Waals surface area contributed by atoms with Crippen molar-refractivity contribution in [3.8, 4) is 0 Å². The first-order valence-electron chi connectivity index (χ1n) is 11.8. The van der Waals surface area contributed by atoms with Crippen LogP contribution in [-0.2, 0) is 9.59 Å². The number of fused-ring (bicyclic) bond motifs is 1. The average Bonchev–Trinajstić information content (AvgIpc) is 2.79. The van der Waals surface area contributed by atoms with Crippen molar-refractivity contribution < 1.29 is 14.0 Å². The molecule has 2 atom stereocenters. The van der Waals surface area contributed by atoms with Crippen LogP contribution in [0.25, 0.3) is 10.9 Å².